The van der Waals surface area contributed by atoms with Crippen LogP contribution in [0.5, 0.6) is 0 Å². The Kier molecular flexibility index (Phi) is 5.02. The van der Waals surface area contributed by atoms with Crippen LogP contribution in [0.2, 0.25) is 0 Å². The van der Waals surface area contributed by atoms with E-state index in [1.807, 2.05) is 0 Å². The zero-order valence-corrected chi connectivity index (χ0v) is 17.3. The number of benzene rings is 3. The Hall–Kier alpha value is -4.59. The number of ether oxygens (including phenoxy) is 1. The van der Waals surface area contributed by atoms with E-state index in [1.54, 1.807) is 72.8 Å². The number of carbonyl (C=O) groups excluding carboxylic acids is 3. The van der Waals surface area contributed by atoms with E-state index in [-0.39, 0.29) is 28.7 Å². The quantitative estimate of drug-likeness (QED) is 0.378. The number of hydrogen-bond donors (Lipinski definition) is 1. The number of rotatable bonds is 5. The second kappa shape index (κ2) is 8.16. The summed E-state index contributed by atoms with van der Waals surface area (Å²) in [6, 6.07) is 20.2. The van der Waals surface area contributed by atoms with E-state index >= 15 is 0 Å². The van der Waals surface area contributed by atoms with E-state index in [9.17, 15) is 19.2 Å². The maximum absolute atomic E-state index is 12.8. The number of amides is 2. The Labute approximate surface area is 187 Å². The number of para-hydroxylation sites is 1. The summed E-state index contributed by atoms with van der Waals surface area (Å²) in [6.07, 6.45) is 0.193. The number of H-pyrrole nitrogens is 1. The van der Waals surface area contributed by atoms with E-state index in [0.29, 0.717) is 22.3 Å². The van der Waals surface area contributed by atoms with Crippen LogP contribution < -0.4 is 5.56 Å². The number of carbonyl (C=O) groups is 3. The number of esters is 1. The van der Waals surface area contributed by atoms with Gasteiger partial charge < -0.3 is 9.72 Å². The van der Waals surface area contributed by atoms with E-state index in [1.165, 1.54) is 0 Å². The highest BCUT2D eigenvalue weighted by Crippen LogP contribution is 2.23. The second-order valence-electron chi connectivity index (χ2n) is 7.51. The minimum Gasteiger partial charge on any atom is -0.440 e. The van der Waals surface area contributed by atoms with Gasteiger partial charge in [0.1, 0.15) is 5.82 Å². The third-order valence-electron chi connectivity index (χ3n) is 5.46. The molecule has 5 rings (SSSR count). The molecule has 4 aromatic rings. The van der Waals surface area contributed by atoms with Crippen molar-refractivity contribution in [1.29, 1.82) is 0 Å². The van der Waals surface area contributed by atoms with Crippen molar-refractivity contribution in [2.45, 2.75) is 6.42 Å². The Bertz CT molecular complexity index is 1460. The molecule has 0 fully saturated rings. The van der Waals surface area contributed by atoms with Crippen molar-refractivity contribution in [3.8, 4) is 0 Å². The lowest BCUT2D eigenvalue weighted by Crippen LogP contribution is -2.33. The first-order chi connectivity index (χ1) is 16.0. The normalized spacial score (nSPS) is 12.8. The van der Waals surface area contributed by atoms with E-state index in [4.69, 9.17) is 4.74 Å². The summed E-state index contributed by atoms with van der Waals surface area (Å²) in [5.74, 6) is -1.30. The van der Waals surface area contributed by atoms with Crippen molar-refractivity contribution in [1.82, 2.24) is 14.9 Å². The summed E-state index contributed by atoms with van der Waals surface area (Å²) in [5.41, 5.74) is 1.70. The highest BCUT2D eigenvalue weighted by molar-refractivity contribution is 6.21. The first-order valence-corrected chi connectivity index (χ1v) is 10.2. The standard InChI is InChI=1S/C25H17N3O5/c29-22-19-11-5-6-12-20(19)26-21(27-22)13-15-7-1-2-8-16(15)25(32)33-14-28-23(30)17-9-3-4-10-18(17)24(28)31/h1-12H,13-14H2,(H,26,27,29). The monoisotopic (exact) mass is 439 g/mol. The number of aromatic amines is 1. The fraction of sp³-hybridized carbons (Fsp3) is 0.0800. The van der Waals surface area contributed by atoms with Gasteiger partial charge in [0.05, 0.1) is 27.6 Å². The summed E-state index contributed by atoms with van der Waals surface area (Å²) in [7, 11) is 0. The Balaban J connectivity index is 1.35. The van der Waals surface area contributed by atoms with Crippen molar-refractivity contribution in [2.75, 3.05) is 6.73 Å². The van der Waals surface area contributed by atoms with Crippen LogP contribution in [0.4, 0.5) is 0 Å². The topological polar surface area (TPSA) is 109 Å². The molecule has 1 aliphatic heterocycles. The summed E-state index contributed by atoms with van der Waals surface area (Å²) >= 11 is 0. The second-order valence-corrected chi connectivity index (χ2v) is 7.51. The van der Waals surface area contributed by atoms with Crippen LogP contribution in [0.1, 0.15) is 42.5 Å². The van der Waals surface area contributed by atoms with Gasteiger partial charge in [-0.2, -0.15) is 0 Å². The molecule has 8 nitrogen and oxygen atoms in total. The zero-order chi connectivity index (χ0) is 22.9. The van der Waals surface area contributed by atoms with Crippen molar-refractivity contribution in [3.63, 3.8) is 0 Å². The van der Waals surface area contributed by atoms with Gasteiger partial charge in [-0.3, -0.25) is 14.4 Å². The van der Waals surface area contributed by atoms with Gasteiger partial charge in [0.25, 0.3) is 17.4 Å². The molecule has 1 aromatic heterocycles. The largest absolute Gasteiger partial charge is 0.440 e. The molecule has 0 aliphatic carbocycles. The third-order valence-corrected chi connectivity index (χ3v) is 5.46. The third kappa shape index (κ3) is 3.67. The predicted molar refractivity (Wildman–Crippen MR) is 119 cm³/mol. The Morgan fingerprint density at radius 3 is 2.24 bits per heavy atom. The molecule has 0 saturated carbocycles. The van der Waals surface area contributed by atoms with Gasteiger partial charge >= 0.3 is 5.97 Å². The van der Waals surface area contributed by atoms with Crippen LogP contribution in [0.25, 0.3) is 10.9 Å². The van der Waals surface area contributed by atoms with Gasteiger partial charge in [-0.05, 0) is 35.9 Å². The van der Waals surface area contributed by atoms with Gasteiger partial charge in [-0.1, -0.05) is 42.5 Å². The van der Waals surface area contributed by atoms with Gasteiger partial charge in [-0.25, -0.2) is 14.7 Å². The summed E-state index contributed by atoms with van der Waals surface area (Å²) in [4.78, 5) is 58.2. The Morgan fingerprint density at radius 1 is 0.848 bits per heavy atom. The van der Waals surface area contributed by atoms with Crippen LogP contribution in [-0.2, 0) is 11.2 Å². The minimum absolute atomic E-state index is 0.193. The molecular formula is C25H17N3O5. The van der Waals surface area contributed by atoms with Gasteiger partial charge in [0.2, 0.25) is 0 Å². The molecule has 0 radical (unpaired) electrons. The maximum atomic E-state index is 12.8. The van der Waals surface area contributed by atoms with Crippen LogP contribution in [0, 0.1) is 0 Å². The zero-order valence-electron chi connectivity index (χ0n) is 17.3. The number of imide groups is 1. The Morgan fingerprint density at radius 2 is 1.48 bits per heavy atom. The van der Waals surface area contributed by atoms with Crippen LogP contribution >= 0.6 is 0 Å². The van der Waals surface area contributed by atoms with E-state index in [2.05, 4.69) is 9.97 Å². The summed E-state index contributed by atoms with van der Waals surface area (Å²) in [6.45, 7) is -0.495. The van der Waals surface area contributed by atoms with Crippen molar-refractivity contribution < 1.29 is 19.1 Å². The van der Waals surface area contributed by atoms with Gasteiger partial charge in [0.15, 0.2) is 6.73 Å². The molecule has 33 heavy (non-hydrogen) atoms. The first-order valence-electron chi connectivity index (χ1n) is 10.2. The lowest BCUT2D eigenvalue weighted by atomic mass is 10.0. The minimum atomic E-state index is -0.690. The average Bonchev–Trinajstić information content (AvgIpc) is 3.07. The van der Waals surface area contributed by atoms with Crippen LogP contribution in [-0.4, -0.2) is 39.4 Å². The molecule has 0 spiro atoms. The van der Waals surface area contributed by atoms with E-state index in [0.717, 1.165) is 4.90 Å². The number of nitrogens with one attached hydrogen (secondary N) is 1. The van der Waals surface area contributed by atoms with Gasteiger partial charge in [0, 0.05) is 6.42 Å². The maximum Gasteiger partial charge on any atom is 0.340 e. The SMILES string of the molecule is O=C(OCN1C(=O)c2ccccc2C1=O)c1ccccc1Cc1nc2ccccc2c(=O)[nH]1. The molecule has 8 heteroatoms. The van der Waals surface area contributed by atoms with E-state index < -0.39 is 24.5 Å². The van der Waals surface area contributed by atoms with Crippen LogP contribution in [0.3, 0.4) is 0 Å². The number of aromatic nitrogens is 2. The lowest BCUT2D eigenvalue weighted by molar-refractivity contribution is 0.0227. The smallest absolute Gasteiger partial charge is 0.340 e. The molecule has 1 N–H and O–H groups in total. The number of nitrogens with zero attached hydrogens (tertiary/aromatic N) is 2. The van der Waals surface area contributed by atoms with Crippen LogP contribution in [0.15, 0.2) is 77.6 Å². The molecular weight excluding hydrogens is 422 g/mol. The molecule has 1 aliphatic rings. The van der Waals surface area contributed by atoms with Gasteiger partial charge in [-0.15, -0.1) is 0 Å². The average molecular weight is 439 g/mol. The lowest BCUT2D eigenvalue weighted by Gasteiger charge is -2.15. The van der Waals surface area contributed by atoms with Crippen molar-refractivity contribution in [2.24, 2.45) is 0 Å². The first kappa shape index (κ1) is 20.3. The molecule has 3 aromatic carbocycles. The highest BCUT2D eigenvalue weighted by atomic mass is 16.5. The fourth-order valence-electron chi connectivity index (χ4n) is 3.83. The highest BCUT2D eigenvalue weighted by Gasteiger charge is 2.35. The molecule has 2 amide bonds. The molecule has 2 heterocycles. The molecule has 0 saturated heterocycles. The summed E-state index contributed by atoms with van der Waals surface area (Å²) in [5, 5.41) is 0.481. The molecule has 0 bridgehead atoms. The predicted octanol–water partition coefficient (Wildman–Crippen LogP) is 2.92. The molecule has 0 unspecified atom stereocenters. The fourth-order valence-corrected chi connectivity index (χ4v) is 3.83. The number of hydrogen-bond acceptors (Lipinski definition) is 6. The van der Waals surface area contributed by atoms with Crippen molar-refractivity contribution in [3.05, 3.63) is 111 Å². The molecule has 0 atom stereocenters. The summed E-state index contributed by atoms with van der Waals surface area (Å²) < 4.78 is 5.31. The number of fused-ring (bicyclic) bond motifs is 2. The van der Waals surface area contributed by atoms with Crippen molar-refractivity contribution >= 4 is 28.7 Å². The molecule has 162 valence electrons.